The molecule has 3 aliphatic carbocycles. The number of nitrogens with zero attached hydrogens (tertiary/aromatic N) is 4. The van der Waals surface area contributed by atoms with Gasteiger partial charge in [0.15, 0.2) is 8.32 Å². The van der Waals surface area contributed by atoms with Crippen molar-refractivity contribution in [2.45, 2.75) is 91.3 Å². The summed E-state index contributed by atoms with van der Waals surface area (Å²) in [6, 6.07) is 0. The van der Waals surface area contributed by atoms with Crippen LogP contribution in [-0.4, -0.2) is 26.6 Å². The zero-order valence-corrected chi connectivity index (χ0v) is 23.4. The molecule has 2 saturated carbocycles. The van der Waals surface area contributed by atoms with E-state index in [4.69, 9.17) is 8.95 Å². The van der Waals surface area contributed by atoms with Crippen molar-refractivity contribution in [3.05, 3.63) is 40.1 Å². The van der Waals surface area contributed by atoms with Gasteiger partial charge in [-0.25, -0.2) is 0 Å². The highest BCUT2D eigenvalue weighted by Gasteiger charge is 2.57. The SMILES string of the molecule is C=C1CC[C@H]2[C@H](CN=[N+]=[N-])[C@@H]([C@@]3(C)Cc4conc4C[C@@H]3CO[Si](C)(C)C(C)(C)C)CC[C@]12C. The molecule has 0 aromatic carbocycles. The molecule has 7 heteroatoms. The summed E-state index contributed by atoms with van der Waals surface area (Å²) in [7, 11) is -1.88. The predicted octanol–water partition coefficient (Wildman–Crippen LogP) is 7.73. The Balaban J connectivity index is 1.69. The van der Waals surface area contributed by atoms with Gasteiger partial charge in [-0.1, -0.05) is 57.0 Å². The van der Waals surface area contributed by atoms with Gasteiger partial charge in [0.05, 0.1) is 5.69 Å². The lowest BCUT2D eigenvalue weighted by atomic mass is 9.49. The first-order valence-corrected chi connectivity index (χ1v) is 16.0. The Morgan fingerprint density at radius 3 is 2.71 bits per heavy atom. The third-order valence-corrected chi connectivity index (χ3v) is 15.2. The van der Waals surface area contributed by atoms with Crippen molar-refractivity contribution >= 4 is 8.32 Å². The quantitative estimate of drug-likeness (QED) is 0.136. The summed E-state index contributed by atoms with van der Waals surface area (Å²) in [6.07, 6.45) is 8.30. The van der Waals surface area contributed by atoms with Crippen molar-refractivity contribution in [3.8, 4) is 0 Å². The Morgan fingerprint density at radius 1 is 1.29 bits per heavy atom. The average Bonchev–Trinajstić information content (AvgIpc) is 3.32. The number of aromatic nitrogens is 1. The molecule has 2 fully saturated rings. The number of azide groups is 1. The normalized spacial score (nSPS) is 36.0. The smallest absolute Gasteiger partial charge is 0.191 e. The van der Waals surface area contributed by atoms with Crippen molar-refractivity contribution in [1.29, 1.82) is 0 Å². The molecule has 0 radical (unpaired) electrons. The van der Waals surface area contributed by atoms with Crippen molar-refractivity contribution in [3.63, 3.8) is 0 Å². The summed E-state index contributed by atoms with van der Waals surface area (Å²) in [5.74, 6) is 1.74. The monoisotopic (exact) mass is 484 g/mol. The van der Waals surface area contributed by atoms with Gasteiger partial charge in [-0.15, -0.1) is 0 Å². The standard InChI is InChI=1S/C27H44N4O2Si/c1-18-9-10-22-21(15-29-31-28)23(11-12-26(18,22)5)27(6)14-19-16-32-30-24(19)13-20(27)17-33-34(7,8)25(2,3)4/h16,20-23H,1,9-15,17H2,2-8H3/t20-,21+,22+,23+,26-,27+/m1/s1. The number of fused-ring (bicyclic) bond motifs is 2. The van der Waals surface area contributed by atoms with Gasteiger partial charge in [-0.05, 0) is 96.7 Å². The second kappa shape index (κ2) is 8.83. The lowest BCUT2D eigenvalue weighted by Gasteiger charge is -2.56. The second-order valence-corrected chi connectivity index (χ2v) is 18.1. The molecule has 4 rings (SSSR count). The Labute approximate surface area is 206 Å². The van der Waals surface area contributed by atoms with Crippen molar-refractivity contribution in [2.75, 3.05) is 13.2 Å². The largest absolute Gasteiger partial charge is 0.417 e. The van der Waals surface area contributed by atoms with Crippen LogP contribution in [0.1, 0.15) is 71.6 Å². The van der Waals surface area contributed by atoms with E-state index in [9.17, 15) is 5.53 Å². The zero-order valence-electron chi connectivity index (χ0n) is 22.4. The topological polar surface area (TPSA) is 84.0 Å². The van der Waals surface area contributed by atoms with Crippen LogP contribution in [0.4, 0.5) is 0 Å². The first kappa shape index (κ1) is 25.5. The van der Waals surface area contributed by atoms with Crippen molar-refractivity contribution in [2.24, 2.45) is 39.6 Å². The molecule has 0 amide bonds. The zero-order chi connectivity index (χ0) is 24.9. The molecule has 0 N–H and O–H groups in total. The highest BCUT2D eigenvalue weighted by atomic mass is 28.4. The molecule has 0 bridgehead atoms. The van der Waals surface area contributed by atoms with Gasteiger partial charge in [0.1, 0.15) is 6.26 Å². The second-order valence-electron chi connectivity index (χ2n) is 13.3. The molecule has 0 unspecified atom stereocenters. The predicted molar refractivity (Wildman–Crippen MR) is 139 cm³/mol. The summed E-state index contributed by atoms with van der Waals surface area (Å²) < 4.78 is 12.3. The average molecular weight is 485 g/mol. The van der Waals surface area contributed by atoms with Gasteiger partial charge in [0.2, 0.25) is 0 Å². The minimum absolute atomic E-state index is 0.0435. The molecule has 1 aromatic rings. The van der Waals surface area contributed by atoms with Gasteiger partial charge >= 0.3 is 0 Å². The van der Waals surface area contributed by atoms with Crippen LogP contribution < -0.4 is 0 Å². The molecule has 6 nitrogen and oxygen atoms in total. The van der Waals surface area contributed by atoms with E-state index in [1.807, 2.05) is 6.26 Å². The minimum atomic E-state index is -1.88. The van der Waals surface area contributed by atoms with Gasteiger partial charge in [0.25, 0.3) is 0 Å². The van der Waals surface area contributed by atoms with E-state index >= 15 is 0 Å². The van der Waals surface area contributed by atoms with Crippen LogP contribution in [0.2, 0.25) is 18.1 Å². The highest BCUT2D eigenvalue weighted by molar-refractivity contribution is 6.74. The number of rotatable bonds is 6. The summed E-state index contributed by atoms with van der Waals surface area (Å²) in [4.78, 5) is 3.19. The molecular weight excluding hydrogens is 440 g/mol. The Hall–Kier alpha value is -1.56. The van der Waals surface area contributed by atoms with Crippen molar-refractivity contribution < 1.29 is 8.95 Å². The van der Waals surface area contributed by atoms with Gasteiger partial charge in [-0.3, -0.25) is 0 Å². The minimum Gasteiger partial charge on any atom is -0.417 e. The van der Waals surface area contributed by atoms with E-state index in [-0.39, 0.29) is 15.9 Å². The number of allylic oxidation sites excluding steroid dienone is 1. The molecule has 6 atom stereocenters. The van der Waals surface area contributed by atoms with Crippen LogP contribution in [-0.2, 0) is 17.3 Å². The fraction of sp³-hybridized carbons (Fsp3) is 0.815. The lowest BCUT2D eigenvalue weighted by Crippen LogP contribution is -2.53. The van der Waals surface area contributed by atoms with E-state index in [2.05, 4.69) is 69.5 Å². The van der Waals surface area contributed by atoms with Crippen LogP contribution in [0.15, 0.2) is 28.1 Å². The fourth-order valence-electron chi connectivity index (χ4n) is 7.22. The molecule has 188 valence electrons. The molecule has 1 aromatic heterocycles. The molecule has 3 aliphatic rings. The molecule has 1 heterocycles. The third-order valence-electron chi connectivity index (χ3n) is 10.7. The Kier molecular flexibility index (Phi) is 6.63. The van der Waals surface area contributed by atoms with E-state index in [0.717, 1.165) is 44.4 Å². The Bertz CT molecular complexity index is 976. The lowest BCUT2D eigenvalue weighted by molar-refractivity contribution is -0.0521. The van der Waals surface area contributed by atoms with Gasteiger partial charge in [0, 0.05) is 23.6 Å². The molecule has 34 heavy (non-hydrogen) atoms. The van der Waals surface area contributed by atoms with Crippen LogP contribution >= 0.6 is 0 Å². The van der Waals surface area contributed by atoms with Gasteiger partial charge < -0.3 is 8.95 Å². The maximum Gasteiger partial charge on any atom is 0.191 e. The number of hydrogen-bond donors (Lipinski definition) is 0. The van der Waals surface area contributed by atoms with Crippen LogP contribution in [0, 0.1) is 34.5 Å². The molecule has 0 spiro atoms. The summed E-state index contributed by atoms with van der Waals surface area (Å²) in [5.41, 5.74) is 13.2. The van der Waals surface area contributed by atoms with E-state index in [1.54, 1.807) is 0 Å². The van der Waals surface area contributed by atoms with E-state index in [0.29, 0.717) is 30.2 Å². The van der Waals surface area contributed by atoms with E-state index in [1.165, 1.54) is 17.6 Å². The first-order valence-electron chi connectivity index (χ1n) is 13.1. The van der Waals surface area contributed by atoms with Crippen LogP contribution in [0.5, 0.6) is 0 Å². The summed E-state index contributed by atoms with van der Waals surface area (Å²) >= 11 is 0. The van der Waals surface area contributed by atoms with Gasteiger partial charge in [-0.2, -0.15) is 0 Å². The summed E-state index contributed by atoms with van der Waals surface area (Å²) in [6.45, 7) is 22.3. The van der Waals surface area contributed by atoms with Crippen LogP contribution in [0.25, 0.3) is 10.4 Å². The maximum atomic E-state index is 9.22. The highest BCUT2D eigenvalue weighted by Crippen LogP contribution is 2.63. The molecule has 0 saturated heterocycles. The molecular formula is C27H44N4O2Si. The first-order chi connectivity index (χ1) is 15.8. The third kappa shape index (κ3) is 4.18. The van der Waals surface area contributed by atoms with Crippen LogP contribution in [0.3, 0.4) is 0 Å². The molecule has 0 aliphatic heterocycles. The fourth-order valence-corrected chi connectivity index (χ4v) is 8.27. The number of hydrogen-bond acceptors (Lipinski definition) is 4. The Morgan fingerprint density at radius 2 is 2.03 bits per heavy atom. The van der Waals surface area contributed by atoms with Crippen molar-refractivity contribution in [1.82, 2.24) is 5.16 Å². The summed E-state index contributed by atoms with van der Waals surface area (Å²) in [5, 5.41) is 8.70. The maximum absolute atomic E-state index is 9.22. The van der Waals surface area contributed by atoms with E-state index < -0.39 is 8.32 Å².